The number of carbonyl (C=O) groups excluding carboxylic acids is 2. The molecule has 0 N–H and O–H groups in total. The number of rotatable bonds is 5. The topological polar surface area (TPSA) is 59.1 Å². The van der Waals surface area contributed by atoms with Crippen LogP contribution < -0.4 is 0 Å². The summed E-state index contributed by atoms with van der Waals surface area (Å²) in [5.74, 6) is -2.36. The number of cyclic esters (lactones) is 1. The number of amides is 2. The Labute approximate surface area is 217 Å². The van der Waals surface area contributed by atoms with Gasteiger partial charge >= 0.3 is 218 Å². The van der Waals surface area contributed by atoms with E-state index in [1.54, 1.807) is 20.8 Å². The number of likely N-dealkylation sites (tertiary alicyclic amines) is 1. The number of hydrogen-bond acceptors (Lipinski definition) is 4. The third-order valence-corrected chi connectivity index (χ3v) is 7.05. The van der Waals surface area contributed by atoms with E-state index in [0.717, 1.165) is 11.6 Å². The van der Waals surface area contributed by atoms with Gasteiger partial charge in [-0.25, -0.2) is 0 Å². The first-order valence-corrected chi connectivity index (χ1v) is 12.5. The number of carbonyl (C=O) groups is 2. The normalized spacial score (nSPS) is 22.4. The molecule has 2 aromatic carbocycles. The molecule has 9 heteroatoms. The monoisotopic (exact) mass is 543 g/mol. The Hall–Kier alpha value is -2.78. The molecular formula is C27H30CoF2N2O4. The van der Waals surface area contributed by atoms with E-state index in [1.165, 1.54) is 21.9 Å². The quantitative estimate of drug-likeness (QED) is 0.530. The molecule has 36 heavy (non-hydrogen) atoms. The summed E-state index contributed by atoms with van der Waals surface area (Å²) in [6.45, 7) is 6.02. The summed E-state index contributed by atoms with van der Waals surface area (Å²) in [6.07, 6.45) is -0.0235. The Bertz CT molecular complexity index is 1140. The van der Waals surface area contributed by atoms with Crippen LogP contribution in [0.4, 0.5) is 18.4 Å². The number of benzene rings is 2. The van der Waals surface area contributed by atoms with Crippen LogP contribution in [0.15, 0.2) is 48.5 Å². The van der Waals surface area contributed by atoms with Crippen LogP contribution >= 0.6 is 0 Å². The number of ether oxygens (including phenoxy) is 2. The molecule has 2 fully saturated rings. The molecule has 0 saturated carbocycles. The van der Waals surface area contributed by atoms with Gasteiger partial charge < -0.3 is 0 Å². The number of nitrogens with zero attached hydrogens (tertiary/aromatic N) is 2. The van der Waals surface area contributed by atoms with Crippen molar-refractivity contribution in [3.8, 4) is 0 Å². The summed E-state index contributed by atoms with van der Waals surface area (Å²) < 4.78 is 40.0. The summed E-state index contributed by atoms with van der Waals surface area (Å²) in [4.78, 5) is 28.6. The van der Waals surface area contributed by atoms with Crippen LogP contribution in [0.2, 0.25) is 0 Å². The van der Waals surface area contributed by atoms with E-state index in [2.05, 4.69) is 0 Å². The summed E-state index contributed by atoms with van der Waals surface area (Å²) in [6, 6.07) is 12.9. The van der Waals surface area contributed by atoms with Crippen LogP contribution in [0.3, 0.4) is 0 Å². The van der Waals surface area contributed by atoms with Gasteiger partial charge in [-0.1, -0.05) is 0 Å². The zero-order chi connectivity index (χ0) is 26.0. The second-order valence-corrected chi connectivity index (χ2v) is 10.7. The van der Waals surface area contributed by atoms with Crippen LogP contribution in [0, 0.1) is 17.6 Å². The molecule has 0 spiro atoms. The third-order valence-electron chi connectivity index (χ3n) is 6.41. The molecule has 195 valence electrons. The average molecular weight is 543 g/mol. The molecule has 0 bridgehead atoms. The second kappa shape index (κ2) is 10.7. The molecule has 3 atom stereocenters. The van der Waals surface area contributed by atoms with Gasteiger partial charge in [0.25, 0.3) is 0 Å². The molecule has 0 unspecified atom stereocenters. The molecule has 6 nitrogen and oxygen atoms in total. The van der Waals surface area contributed by atoms with Crippen molar-refractivity contribution in [2.45, 2.75) is 51.2 Å². The summed E-state index contributed by atoms with van der Waals surface area (Å²) >= 11 is 4.84. The molecule has 0 aliphatic carbocycles. The summed E-state index contributed by atoms with van der Waals surface area (Å²) in [5, 5.41) is 0. The van der Waals surface area contributed by atoms with Gasteiger partial charge in [0, 0.05) is 0 Å². The third kappa shape index (κ3) is 5.95. The van der Waals surface area contributed by atoms with Crippen molar-refractivity contribution in [1.29, 1.82) is 0 Å². The van der Waals surface area contributed by atoms with Gasteiger partial charge in [0.15, 0.2) is 0 Å². The molecule has 2 saturated heterocycles. The van der Waals surface area contributed by atoms with E-state index in [-0.39, 0.29) is 24.8 Å². The second-order valence-electron chi connectivity index (χ2n) is 10.2. The fraction of sp³-hybridized carbons (Fsp3) is 0.444. The molecule has 4 rings (SSSR count). The van der Waals surface area contributed by atoms with E-state index in [4.69, 9.17) is 24.8 Å². The molecule has 2 aliphatic rings. The Morgan fingerprint density at radius 2 is 1.89 bits per heavy atom. The summed E-state index contributed by atoms with van der Waals surface area (Å²) in [7, 11) is 0. The predicted octanol–water partition coefficient (Wildman–Crippen LogP) is 5.05. The van der Waals surface area contributed by atoms with Gasteiger partial charge in [-0.2, -0.15) is 0 Å². The van der Waals surface area contributed by atoms with Crippen molar-refractivity contribution in [3.63, 3.8) is 0 Å². The maximum absolute atomic E-state index is 15.0. The zero-order valence-corrected chi connectivity index (χ0v) is 21.5. The van der Waals surface area contributed by atoms with Crippen molar-refractivity contribution in [2.24, 2.45) is 5.92 Å². The molecule has 2 aromatic rings. The maximum atomic E-state index is 15.0. The van der Waals surface area contributed by atoms with E-state index in [9.17, 15) is 18.4 Å². The minimum atomic E-state index is -0.707. The van der Waals surface area contributed by atoms with Gasteiger partial charge in [0.2, 0.25) is 0 Å². The van der Waals surface area contributed by atoms with Gasteiger partial charge in [-0.15, -0.1) is 0 Å². The minimum absolute atomic E-state index is 0.136. The Morgan fingerprint density at radius 1 is 1.17 bits per heavy atom. The van der Waals surface area contributed by atoms with Gasteiger partial charge in [-0.3, -0.25) is 0 Å². The van der Waals surface area contributed by atoms with Crippen LogP contribution in [0.5, 0.6) is 0 Å². The molecule has 2 amide bonds. The number of piperidine rings is 1. The van der Waals surface area contributed by atoms with Crippen molar-refractivity contribution >= 4 is 16.8 Å². The van der Waals surface area contributed by atoms with Crippen molar-refractivity contribution in [1.82, 2.24) is 9.80 Å². The standard InChI is InChI=1S/C27H30F2N2O4.Co/c1-27(2,3)35-25(32)30-12-11-19(23(16-30)22-10-9-20(28)14-24(22)29)15-31-21(17-34-26(31)33)13-18-7-5-4-6-8-18;/h4-10,14,19,21,23H,11-13,16-17H2,1-3H3;/t19-,21-,23+;/m0./s1. The molecule has 0 aromatic heterocycles. The predicted molar refractivity (Wildman–Crippen MR) is 127 cm³/mol. The van der Waals surface area contributed by atoms with Gasteiger partial charge in [0.1, 0.15) is 0 Å². The first-order valence-electron chi connectivity index (χ1n) is 12.0. The van der Waals surface area contributed by atoms with Gasteiger partial charge in [0.05, 0.1) is 0 Å². The average Bonchev–Trinajstić information content (AvgIpc) is 3.17. The van der Waals surface area contributed by atoms with Crippen LogP contribution in [0.1, 0.15) is 44.2 Å². The van der Waals surface area contributed by atoms with Crippen LogP contribution in [-0.2, 0) is 31.2 Å². The van der Waals surface area contributed by atoms with Crippen molar-refractivity contribution < 1.29 is 43.1 Å². The summed E-state index contributed by atoms with van der Waals surface area (Å²) in [5.41, 5.74) is 0.619. The Morgan fingerprint density at radius 3 is 2.56 bits per heavy atom. The molecular weight excluding hydrogens is 513 g/mol. The van der Waals surface area contributed by atoms with Crippen molar-refractivity contribution in [2.75, 3.05) is 19.7 Å². The Kier molecular flexibility index (Phi) is 7.80. The zero-order valence-electron chi connectivity index (χ0n) is 20.5. The molecule has 2 aliphatic heterocycles. The SMILES string of the molecule is CC(C)(C)OC(=O)N1CC[C@@H]([C](=[Co])N2C(=O)OC[C@@H]2Cc2ccccc2)[C@H](c2ccc(F)cc2F)C1. The first kappa shape index (κ1) is 26.3. The number of halogens is 2. The molecule has 2 heterocycles. The first-order chi connectivity index (χ1) is 17.0. The van der Waals surface area contributed by atoms with E-state index >= 15 is 0 Å². The van der Waals surface area contributed by atoms with E-state index in [1.807, 2.05) is 30.3 Å². The van der Waals surface area contributed by atoms with Crippen LogP contribution in [-0.4, -0.2) is 57.9 Å². The van der Waals surface area contributed by atoms with E-state index < -0.39 is 41.3 Å². The van der Waals surface area contributed by atoms with E-state index in [0.29, 0.717) is 24.0 Å². The fourth-order valence-corrected chi connectivity index (χ4v) is 5.40. The van der Waals surface area contributed by atoms with Crippen LogP contribution in [0.25, 0.3) is 0 Å². The van der Waals surface area contributed by atoms with Gasteiger partial charge in [-0.05, 0) is 0 Å². The molecule has 0 radical (unpaired) electrons. The Balaban J connectivity index is 1.62. The fourth-order valence-electron chi connectivity index (χ4n) is 4.76. The number of hydrogen-bond donors (Lipinski definition) is 0. The van der Waals surface area contributed by atoms with Crippen molar-refractivity contribution in [3.05, 3.63) is 71.3 Å².